The molecule has 8 heteroatoms. The summed E-state index contributed by atoms with van der Waals surface area (Å²) in [6.07, 6.45) is 1.91. The minimum absolute atomic E-state index is 0.0674. The van der Waals surface area contributed by atoms with Crippen LogP contribution in [0.15, 0.2) is 54.6 Å². The van der Waals surface area contributed by atoms with Gasteiger partial charge >= 0.3 is 0 Å². The Morgan fingerprint density at radius 3 is 2.47 bits per heavy atom. The monoisotopic (exact) mass is 440 g/mol. The minimum atomic E-state index is -0.151. The highest BCUT2D eigenvalue weighted by molar-refractivity contribution is 7.15. The molecule has 4 rings (SSSR count). The van der Waals surface area contributed by atoms with Crippen molar-refractivity contribution in [1.82, 2.24) is 15.1 Å². The van der Waals surface area contributed by atoms with Gasteiger partial charge in [-0.1, -0.05) is 65.4 Å². The molecule has 2 heterocycles. The Morgan fingerprint density at radius 1 is 1.03 bits per heavy atom. The molecule has 0 atom stereocenters. The molecule has 0 bridgehead atoms. The van der Waals surface area contributed by atoms with Crippen molar-refractivity contribution in [3.05, 3.63) is 75.8 Å². The first-order valence-electron chi connectivity index (χ1n) is 9.81. The molecule has 2 amide bonds. The molecule has 30 heavy (non-hydrogen) atoms. The van der Waals surface area contributed by atoms with Crippen LogP contribution in [0, 0.1) is 5.92 Å². The van der Waals surface area contributed by atoms with E-state index in [0.29, 0.717) is 48.1 Å². The van der Waals surface area contributed by atoms with Gasteiger partial charge in [0.2, 0.25) is 11.0 Å². The first-order valence-corrected chi connectivity index (χ1v) is 11.0. The third-order valence-corrected chi connectivity index (χ3v) is 6.32. The quantitative estimate of drug-likeness (QED) is 0.642. The molecule has 0 aliphatic carbocycles. The van der Waals surface area contributed by atoms with Crippen LogP contribution in [-0.2, 0) is 11.2 Å². The van der Waals surface area contributed by atoms with Gasteiger partial charge in [-0.15, -0.1) is 10.2 Å². The van der Waals surface area contributed by atoms with Gasteiger partial charge in [-0.2, -0.15) is 0 Å². The molecule has 0 saturated carbocycles. The van der Waals surface area contributed by atoms with Crippen LogP contribution < -0.4 is 5.32 Å². The number of amides is 2. The average molecular weight is 441 g/mol. The molecule has 3 aromatic rings. The third kappa shape index (κ3) is 4.86. The Labute approximate surface area is 183 Å². The zero-order chi connectivity index (χ0) is 20.9. The van der Waals surface area contributed by atoms with Crippen molar-refractivity contribution in [2.24, 2.45) is 5.92 Å². The van der Waals surface area contributed by atoms with E-state index in [-0.39, 0.29) is 17.7 Å². The number of anilines is 1. The van der Waals surface area contributed by atoms with Crippen molar-refractivity contribution in [3.8, 4) is 0 Å². The highest BCUT2D eigenvalue weighted by atomic mass is 35.5. The Kier molecular flexibility index (Phi) is 6.40. The Hall–Kier alpha value is -2.77. The summed E-state index contributed by atoms with van der Waals surface area (Å²) < 4.78 is 0. The average Bonchev–Trinajstić information content (AvgIpc) is 3.21. The fourth-order valence-corrected chi connectivity index (χ4v) is 4.50. The van der Waals surface area contributed by atoms with E-state index >= 15 is 0 Å². The van der Waals surface area contributed by atoms with Crippen LogP contribution in [0.1, 0.15) is 33.8 Å². The molecular weight excluding hydrogens is 420 g/mol. The Bertz CT molecular complexity index is 1030. The number of aromatic nitrogens is 2. The summed E-state index contributed by atoms with van der Waals surface area (Å²) in [4.78, 5) is 27.1. The van der Waals surface area contributed by atoms with Crippen LogP contribution in [0.25, 0.3) is 0 Å². The maximum atomic E-state index is 12.7. The van der Waals surface area contributed by atoms with Crippen LogP contribution in [0.2, 0.25) is 5.02 Å². The van der Waals surface area contributed by atoms with Crippen LogP contribution in [0.4, 0.5) is 5.13 Å². The molecule has 1 saturated heterocycles. The molecule has 0 spiro atoms. The molecule has 0 radical (unpaired) electrons. The number of carbonyl (C=O) groups excluding carboxylic acids is 2. The first-order chi connectivity index (χ1) is 14.6. The smallest absolute Gasteiger partial charge is 0.255 e. The summed E-state index contributed by atoms with van der Waals surface area (Å²) in [5, 5.41) is 13.0. The molecule has 1 aliphatic rings. The number of halogens is 1. The molecular formula is C22H21ClN4O2S. The minimum Gasteiger partial charge on any atom is -0.339 e. The van der Waals surface area contributed by atoms with Gasteiger partial charge in [-0.3, -0.25) is 9.59 Å². The maximum Gasteiger partial charge on any atom is 0.255 e. The maximum absolute atomic E-state index is 12.7. The molecule has 1 aliphatic heterocycles. The molecule has 1 fully saturated rings. The standard InChI is InChI=1S/C22H21ClN4O2S/c23-18-9-5-4-8-17(18)21(29)27-12-10-16(11-13-27)20(28)24-22-26-25-19(30-22)14-15-6-2-1-3-7-15/h1-9,16H,10-14H2,(H,24,26,28). The second-order valence-corrected chi connectivity index (χ2v) is 8.67. The lowest BCUT2D eigenvalue weighted by molar-refractivity contribution is -0.121. The molecule has 154 valence electrons. The van der Waals surface area contributed by atoms with Crippen molar-refractivity contribution in [3.63, 3.8) is 0 Å². The van der Waals surface area contributed by atoms with Crippen molar-refractivity contribution >= 4 is 39.9 Å². The van der Waals surface area contributed by atoms with E-state index in [1.165, 1.54) is 11.3 Å². The lowest BCUT2D eigenvalue weighted by Gasteiger charge is -2.31. The van der Waals surface area contributed by atoms with Crippen LogP contribution in [0.5, 0.6) is 0 Å². The topological polar surface area (TPSA) is 75.2 Å². The van der Waals surface area contributed by atoms with E-state index in [1.54, 1.807) is 29.2 Å². The van der Waals surface area contributed by atoms with Gasteiger partial charge in [-0.05, 0) is 30.5 Å². The second kappa shape index (κ2) is 9.36. The van der Waals surface area contributed by atoms with E-state index in [0.717, 1.165) is 10.6 Å². The fourth-order valence-electron chi connectivity index (χ4n) is 3.50. The summed E-state index contributed by atoms with van der Waals surface area (Å²) in [7, 11) is 0. The van der Waals surface area contributed by atoms with Gasteiger partial charge in [0.05, 0.1) is 10.6 Å². The molecule has 2 aromatic carbocycles. The normalized spacial score (nSPS) is 14.5. The van der Waals surface area contributed by atoms with E-state index < -0.39 is 0 Å². The van der Waals surface area contributed by atoms with Gasteiger partial charge in [-0.25, -0.2) is 0 Å². The zero-order valence-corrected chi connectivity index (χ0v) is 17.8. The predicted octanol–water partition coefficient (Wildman–Crippen LogP) is 4.27. The van der Waals surface area contributed by atoms with Crippen molar-refractivity contribution < 1.29 is 9.59 Å². The number of benzene rings is 2. The predicted molar refractivity (Wildman–Crippen MR) is 118 cm³/mol. The number of likely N-dealkylation sites (tertiary alicyclic amines) is 1. The number of rotatable bonds is 5. The number of carbonyl (C=O) groups is 2. The Morgan fingerprint density at radius 2 is 1.73 bits per heavy atom. The highest BCUT2D eigenvalue weighted by Gasteiger charge is 2.29. The van der Waals surface area contributed by atoms with Crippen LogP contribution >= 0.6 is 22.9 Å². The summed E-state index contributed by atoms with van der Waals surface area (Å²) in [6.45, 7) is 1.05. The zero-order valence-electron chi connectivity index (χ0n) is 16.3. The third-order valence-electron chi connectivity index (χ3n) is 5.15. The van der Waals surface area contributed by atoms with Gasteiger partial charge < -0.3 is 10.2 Å². The fraction of sp³-hybridized carbons (Fsp3) is 0.273. The number of nitrogens with one attached hydrogen (secondary N) is 1. The van der Waals surface area contributed by atoms with Crippen LogP contribution in [-0.4, -0.2) is 40.0 Å². The van der Waals surface area contributed by atoms with E-state index in [1.807, 2.05) is 30.3 Å². The van der Waals surface area contributed by atoms with Crippen molar-refractivity contribution in [2.45, 2.75) is 19.3 Å². The molecule has 1 aromatic heterocycles. The summed E-state index contributed by atoms with van der Waals surface area (Å²) in [6, 6.07) is 17.1. The van der Waals surface area contributed by atoms with E-state index in [2.05, 4.69) is 15.5 Å². The van der Waals surface area contributed by atoms with Gasteiger partial charge in [0.15, 0.2) is 0 Å². The number of nitrogens with zero attached hydrogens (tertiary/aromatic N) is 3. The number of hydrogen-bond donors (Lipinski definition) is 1. The van der Waals surface area contributed by atoms with E-state index in [9.17, 15) is 9.59 Å². The molecule has 1 N–H and O–H groups in total. The lowest BCUT2D eigenvalue weighted by atomic mass is 9.95. The van der Waals surface area contributed by atoms with Gasteiger partial charge in [0.25, 0.3) is 5.91 Å². The SMILES string of the molecule is O=C(Nc1nnc(Cc2ccccc2)s1)C1CCN(C(=O)c2ccccc2Cl)CC1. The van der Waals surface area contributed by atoms with Crippen molar-refractivity contribution in [2.75, 3.05) is 18.4 Å². The first kappa shape index (κ1) is 20.5. The largest absolute Gasteiger partial charge is 0.339 e. The summed E-state index contributed by atoms with van der Waals surface area (Å²) in [5.41, 5.74) is 1.66. The lowest BCUT2D eigenvalue weighted by Crippen LogP contribution is -2.41. The number of piperidine rings is 1. The highest BCUT2D eigenvalue weighted by Crippen LogP contribution is 2.25. The van der Waals surface area contributed by atoms with Gasteiger partial charge in [0, 0.05) is 25.4 Å². The number of hydrogen-bond acceptors (Lipinski definition) is 5. The molecule has 6 nitrogen and oxygen atoms in total. The summed E-state index contributed by atoms with van der Waals surface area (Å²) >= 11 is 7.53. The van der Waals surface area contributed by atoms with Gasteiger partial charge in [0.1, 0.15) is 5.01 Å². The summed E-state index contributed by atoms with van der Waals surface area (Å²) in [5.74, 6) is -0.307. The van der Waals surface area contributed by atoms with E-state index in [4.69, 9.17) is 11.6 Å². The van der Waals surface area contributed by atoms with Crippen LogP contribution in [0.3, 0.4) is 0 Å². The Balaban J connectivity index is 1.30. The molecule has 0 unspecified atom stereocenters. The second-order valence-electron chi connectivity index (χ2n) is 7.20. The van der Waals surface area contributed by atoms with Crippen molar-refractivity contribution in [1.29, 1.82) is 0 Å².